The molecular formula is C31H23F2N3O3. The number of aryl methyl sites for hydroxylation is 1. The Balaban J connectivity index is 1.51. The molecule has 39 heavy (non-hydrogen) atoms. The number of aliphatic carboxylic acids is 1. The molecule has 0 aliphatic rings. The second kappa shape index (κ2) is 10.7. The molecule has 5 aromatic rings. The van der Waals surface area contributed by atoms with E-state index in [0.29, 0.717) is 11.1 Å². The fraction of sp³-hybridized carbons (Fsp3) is 0.0645. The lowest BCUT2D eigenvalue weighted by molar-refractivity contribution is -0.131. The SMILES string of the molecule is Cn1ncc2cc(-c3ccc(CN(C(=O)c4ccccc4)c4cc(F)cc(/C=C/C(=O)O)c4)c(F)c3)ccc21. The Bertz CT molecular complexity index is 1730. The van der Waals surface area contributed by atoms with Crippen molar-refractivity contribution in [2.45, 2.75) is 6.54 Å². The third kappa shape index (κ3) is 5.60. The average Bonchev–Trinajstić information content (AvgIpc) is 3.31. The van der Waals surface area contributed by atoms with Crippen LogP contribution in [0, 0.1) is 11.6 Å². The van der Waals surface area contributed by atoms with E-state index in [0.717, 1.165) is 34.7 Å². The van der Waals surface area contributed by atoms with Crippen LogP contribution >= 0.6 is 0 Å². The molecule has 1 heterocycles. The van der Waals surface area contributed by atoms with Crippen LogP contribution < -0.4 is 4.90 Å². The molecular weight excluding hydrogens is 500 g/mol. The van der Waals surface area contributed by atoms with Crippen LogP contribution in [-0.4, -0.2) is 26.8 Å². The number of carbonyl (C=O) groups excluding carboxylic acids is 1. The Hall–Kier alpha value is -5.11. The van der Waals surface area contributed by atoms with Crippen molar-refractivity contribution in [1.29, 1.82) is 0 Å². The first kappa shape index (κ1) is 25.5. The van der Waals surface area contributed by atoms with Gasteiger partial charge in [0.25, 0.3) is 5.91 Å². The van der Waals surface area contributed by atoms with Gasteiger partial charge in [0.15, 0.2) is 0 Å². The zero-order valence-corrected chi connectivity index (χ0v) is 20.9. The molecule has 0 fully saturated rings. The van der Waals surface area contributed by atoms with Crippen LogP contribution in [-0.2, 0) is 18.4 Å². The summed E-state index contributed by atoms with van der Waals surface area (Å²) in [6.07, 6.45) is 3.85. The summed E-state index contributed by atoms with van der Waals surface area (Å²) in [5, 5.41) is 14.1. The number of hydrogen-bond acceptors (Lipinski definition) is 3. The number of carboxylic acid groups (broad SMARTS) is 1. The molecule has 0 spiro atoms. The van der Waals surface area contributed by atoms with Crippen LogP contribution in [0.3, 0.4) is 0 Å². The number of amides is 1. The molecule has 1 N–H and O–H groups in total. The van der Waals surface area contributed by atoms with Gasteiger partial charge in [-0.25, -0.2) is 13.6 Å². The minimum atomic E-state index is -1.19. The molecule has 1 amide bonds. The largest absolute Gasteiger partial charge is 0.478 e. The minimum Gasteiger partial charge on any atom is -0.478 e. The van der Waals surface area contributed by atoms with Gasteiger partial charge in [-0.05, 0) is 71.3 Å². The molecule has 0 aliphatic carbocycles. The van der Waals surface area contributed by atoms with Crippen LogP contribution in [0.4, 0.5) is 14.5 Å². The quantitative estimate of drug-likeness (QED) is 0.248. The van der Waals surface area contributed by atoms with Crippen LogP contribution in [0.2, 0.25) is 0 Å². The van der Waals surface area contributed by atoms with Crippen LogP contribution in [0.15, 0.2) is 97.2 Å². The number of carboxylic acids is 1. The van der Waals surface area contributed by atoms with E-state index >= 15 is 4.39 Å². The third-order valence-corrected chi connectivity index (χ3v) is 6.36. The van der Waals surface area contributed by atoms with E-state index in [1.54, 1.807) is 53.3 Å². The van der Waals surface area contributed by atoms with E-state index in [9.17, 15) is 14.0 Å². The number of aromatic nitrogens is 2. The minimum absolute atomic E-state index is 0.166. The van der Waals surface area contributed by atoms with Crippen LogP contribution in [0.25, 0.3) is 28.1 Å². The fourth-order valence-electron chi connectivity index (χ4n) is 4.40. The fourth-order valence-corrected chi connectivity index (χ4v) is 4.40. The Labute approximate surface area is 223 Å². The number of nitrogens with zero attached hydrogens (tertiary/aromatic N) is 3. The molecule has 194 valence electrons. The molecule has 0 atom stereocenters. The van der Waals surface area contributed by atoms with Gasteiger partial charge in [0.1, 0.15) is 11.6 Å². The molecule has 0 unspecified atom stereocenters. The van der Waals surface area contributed by atoms with Crippen molar-refractivity contribution >= 4 is 34.5 Å². The lowest BCUT2D eigenvalue weighted by atomic mass is 10.0. The van der Waals surface area contributed by atoms with E-state index in [4.69, 9.17) is 5.11 Å². The molecule has 0 bridgehead atoms. The van der Waals surface area contributed by atoms with Gasteiger partial charge >= 0.3 is 5.97 Å². The number of benzene rings is 4. The first-order chi connectivity index (χ1) is 18.8. The maximum absolute atomic E-state index is 15.5. The number of hydrogen-bond donors (Lipinski definition) is 1. The zero-order chi connectivity index (χ0) is 27.5. The highest BCUT2D eigenvalue weighted by Crippen LogP contribution is 2.28. The number of anilines is 1. The Morgan fingerprint density at radius 2 is 1.69 bits per heavy atom. The van der Waals surface area contributed by atoms with E-state index in [-0.39, 0.29) is 23.4 Å². The zero-order valence-electron chi connectivity index (χ0n) is 20.9. The predicted octanol–water partition coefficient (Wildman–Crippen LogP) is 6.46. The van der Waals surface area contributed by atoms with Crippen molar-refractivity contribution in [2.24, 2.45) is 7.05 Å². The first-order valence-electron chi connectivity index (χ1n) is 12.1. The highest BCUT2D eigenvalue weighted by molar-refractivity contribution is 6.06. The second-order valence-corrected chi connectivity index (χ2v) is 9.02. The van der Waals surface area contributed by atoms with Crippen molar-refractivity contribution in [1.82, 2.24) is 9.78 Å². The van der Waals surface area contributed by atoms with Gasteiger partial charge in [-0.3, -0.25) is 9.48 Å². The molecule has 6 nitrogen and oxygen atoms in total. The molecule has 0 saturated carbocycles. The third-order valence-electron chi connectivity index (χ3n) is 6.36. The van der Waals surface area contributed by atoms with E-state index in [1.165, 1.54) is 23.1 Å². The van der Waals surface area contributed by atoms with Crippen molar-refractivity contribution in [3.8, 4) is 11.1 Å². The predicted molar refractivity (Wildman–Crippen MR) is 146 cm³/mol. The summed E-state index contributed by atoms with van der Waals surface area (Å²) in [5.41, 5.74) is 3.43. The number of carbonyl (C=O) groups is 2. The standard InChI is InChI=1S/C31H23F2N3O3/c1-35-29-11-10-22(15-25(29)18-34-35)23-8-9-24(28(33)16-23)19-36(31(39)21-5-3-2-4-6-21)27-14-20(7-12-30(37)38)13-26(32)17-27/h2-18H,19H2,1H3,(H,37,38)/b12-7+. The Morgan fingerprint density at radius 1 is 0.949 bits per heavy atom. The highest BCUT2D eigenvalue weighted by atomic mass is 19.1. The summed E-state index contributed by atoms with van der Waals surface area (Å²) in [6, 6.07) is 22.7. The van der Waals surface area contributed by atoms with E-state index < -0.39 is 23.5 Å². The van der Waals surface area contributed by atoms with Crippen molar-refractivity contribution < 1.29 is 23.5 Å². The van der Waals surface area contributed by atoms with E-state index in [2.05, 4.69) is 5.10 Å². The van der Waals surface area contributed by atoms with Crippen molar-refractivity contribution in [3.63, 3.8) is 0 Å². The molecule has 0 radical (unpaired) electrons. The highest BCUT2D eigenvalue weighted by Gasteiger charge is 2.21. The van der Waals surface area contributed by atoms with Gasteiger partial charge in [-0.15, -0.1) is 0 Å². The second-order valence-electron chi connectivity index (χ2n) is 9.02. The summed E-state index contributed by atoms with van der Waals surface area (Å²) < 4.78 is 31.8. The number of halogens is 2. The monoisotopic (exact) mass is 523 g/mol. The first-order valence-corrected chi connectivity index (χ1v) is 12.1. The summed E-state index contributed by atoms with van der Waals surface area (Å²) >= 11 is 0. The maximum Gasteiger partial charge on any atom is 0.328 e. The van der Waals surface area contributed by atoms with Gasteiger partial charge in [0.2, 0.25) is 0 Å². The summed E-state index contributed by atoms with van der Waals surface area (Å²) in [7, 11) is 1.85. The van der Waals surface area contributed by atoms with E-state index in [1.807, 2.05) is 25.2 Å². The molecule has 8 heteroatoms. The summed E-state index contributed by atoms with van der Waals surface area (Å²) in [6.45, 7) is -0.174. The molecule has 0 aliphatic heterocycles. The molecule has 0 saturated heterocycles. The number of rotatable bonds is 7. The van der Waals surface area contributed by atoms with Gasteiger partial charge in [-0.2, -0.15) is 5.10 Å². The average molecular weight is 524 g/mol. The lowest BCUT2D eigenvalue weighted by Crippen LogP contribution is -2.31. The van der Waals surface area contributed by atoms with Gasteiger partial charge in [-0.1, -0.05) is 36.4 Å². The molecule has 4 aromatic carbocycles. The molecule has 1 aromatic heterocycles. The van der Waals surface area contributed by atoms with Gasteiger partial charge in [0, 0.05) is 35.3 Å². The topological polar surface area (TPSA) is 75.4 Å². The molecule has 5 rings (SSSR count). The maximum atomic E-state index is 15.5. The lowest BCUT2D eigenvalue weighted by Gasteiger charge is -2.24. The van der Waals surface area contributed by atoms with Crippen LogP contribution in [0.5, 0.6) is 0 Å². The van der Waals surface area contributed by atoms with Gasteiger partial charge < -0.3 is 10.0 Å². The normalized spacial score (nSPS) is 11.3. The van der Waals surface area contributed by atoms with Crippen LogP contribution in [0.1, 0.15) is 21.5 Å². The number of fused-ring (bicyclic) bond motifs is 1. The van der Waals surface area contributed by atoms with Gasteiger partial charge in [0.05, 0.1) is 18.3 Å². The summed E-state index contributed by atoms with van der Waals surface area (Å²) in [4.78, 5) is 25.8. The smallest absolute Gasteiger partial charge is 0.328 e. The Kier molecular flexibility index (Phi) is 7.01. The van der Waals surface area contributed by atoms with Crippen molar-refractivity contribution in [2.75, 3.05) is 4.90 Å². The van der Waals surface area contributed by atoms with Crippen molar-refractivity contribution in [3.05, 3.63) is 126 Å². The summed E-state index contributed by atoms with van der Waals surface area (Å²) in [5.74, 6) is -2.83. The Morgan fingerprint density at radius 3 is 2.44 bits per heavy atom.